The monoisotopic (exact) mass is 377 g/mol. The molecule has 0 aliphatic heterocycles. The average molecular weight is 378 g/mol. The molecule has 120 valence electrons. The number of nitro groups is 1. The molecule has 0 amide bonds. The predicted octanol–water partition coefficient (Wildman–Crippen LogP) is 4.31. The van der Waals surface area contributed by atoms with Gasteiger partial charge in [0, 0.05) is 12.1 Å². The molecule has 0 saturated carbocycles. The number of carbonyl (C=O) groups excluding carboxylic acids is 1. The zero-order valence-corrected chi connectivity index (χ0v) is 14.2. The third kappa shape index (κ3) is 4.39. The van der Waals surface area contributed by atoms with Crippen molar-refractivity contribution in [1.82, 2.24) is 0 Å². The normalized spacial score (nSPS) is 10.3. The highest BCUT2D eigenvalue weighted by Crippen LogP contribution is 2.24. The Bertz CT molecular complexity index is 713. The molecule has 0 saturated heterocycles. The van der Waals surface area contributed by atoms with Gasteiger partial charge in [0.1, 0.15) is 12.4 Å². The minimum absolute atomic E-state index is 0.0388. The van der Waals surface area contributed by atoms with Crippen molar-refractivity contribution in [2.75, 3.05) is 5.33 Å². The fraction of sp³-hybridized carbons (Fsp3) is 0.235. The van der Waals surface area contributed by atoms with Crippen LogP contribution in [0.1, 0.15) is 28.4 Å². The van der Waals surface area contributed by atoms with E-state index in [4.69, 9.17) is 4.74 Å². The highest BCUT2D eigenvalue weighted by atomic mass is 79.9. The second kappa shape index (κ2) is 7.87. The lowest BCUT2D eigenvalue weighted by atomic mass is 10.1. The number of ketones is 1. The molecule has 0 bridgehead atoms. The summed E-state index contributed by atoms with van der Waals surface area (Å²) in [6.07, 6.45) is 0.844. The Morgan fingerprint density at radius 3 is 2.39 bits per heavy atom. The van der Waals surface area contributed by atoms with Gasteiger partial charge in [-0.1, -0.05) is 28.9 Å². The fourth-order valence-corrected chi connectivity index (χ4v) is 2.39. The molecule has 5 nitrogen and oxygen atoms in total. The lowest BCUT2D eigenvalue weighted by Crippen LogP contribution is -2.06. The molecule has 0 radical (unpaired) electrons. The third-order valence-corrected chi connectivity index (χ3v) is 3.93. The van der Waals surface area contributed by atoms with Crippen LogP contribution in [0.25, 0.3) is 0 Å². The summed E-state index contributed by atoms with van der Waals surface area (Å²) in [5.41, 5.74) is 2.45. The number of benzene rings is 2. The van der Waals surface area contributed by atoms with Crippen LogP contribution in [0.5, 0.6) is 5.75 Å². The van der Waals surface area contributed by atoms with Crippen molar-refractivity contribution >= 4 is 27.4 Å². The number of hydrogen-bond donors (Lipinski definition) is 0. The van der Waals surface area contributed by atoms with Gasteiger partial charge in [-0.2, -0.15) is 0 Å². The maximum absolute atomic E-state index is 12.0. The summed E-state index contributed by atoms with van der Waals surface area (Å²) in [6, 6.07) is 11.7. The van der Waals surface area contributed by atoms with Crippen LogP contribution in [-0.2, 0) is 13.0 Å². The molecule has 0 heterocycles. The van der Waals surface area contributed by atoms with E-state index in [0.29, 0.717) is 11.3 Å². The second-order valence-corrected chi connectivity index (χ2v) is 5.51. The number of alkyl halides is 1. The Kier molecular flexibility index (Phi) is 5.87. The topological polar surface area (TPSA) is 69.4 Å². The van der Waals surface area contributed by atoms with E-state index >= 15 is 0 Å². The summed E-state index contributed by atoms with van der Waals surface area (Å²) >= 11 is 3.17. The van der Waals surface area contributed by atoms with Crippen LogP contribution >= 0.6 is 15.9 Å². The van der Waals surface area contributed by atoms with Crippen molar-refractivity contribution < 1.29 is 14.5 Å². The largest absolute Gasteiger partial charge is 0.488 e. The summed E-state index contributed by atoms with van der Waals surface area (Å²) in [6.45, 7) is 2.27. The molecule has 0 atom stereocenters. The molecule has 23 heavy (non-hydrogen) atoms. The van der Waals surface area contributed by atoms with Gasteiger partial charge in [-0.3, -0.25) is 14.9 Å². The SMILES string of the molecule is CCc1ccc(C(=O)CBr)c(OCc2ccc([N+](=O)[O-])cc2)c1. The molecule has 0 aliphatic rings. The number of Topliss-reactive ketones (excluding diaryl/α,β-unsaturated/α-hetero) is 1. The highest BCUT2D eigenvalue weighted by Gasteiger charge is 2.12. The van der Waals surface area contributed by atoms with Crippen LogP contribution in [0.15, 0.2) is 42.5 Å². The second-order valence-electron chi connectivity index (χ2n) is 4.95. The first-order valence-corrected chi connectivity index (χ1v) is 8.25. The van der Waals surface area contributed by atoms with Crippen molar-refractivity contribution in [3.05, 3.63) is 69.3 Å². The molecule has 2 rings (SSSR count). The number of rotatable bonds is 7. The zero-order chi connectivity index (χ0) is 16.8. The van der Waals surface area contributed by atoms with Gasteiger partial charge >= 0.3 is 0 Å². The van der Waals surface area contributed by atoms with Gasteiger partial charge in [-0.15, -0.1) is 0 Å². The first-order chi connectivity index (χ1) is 11.0. The highest BCUT2D eigenvalue weighted by molar-refractivity contribution is 9.09. The van der Waals surface area contributed by atoms with Crippen LogP contribution < -0.4 is 4.74 Å². The van der Waals surface area contributed by atoms with Crippen molar-refractivity contribution in [3.63, 3.8) is 0 Å². The van der Waals surface area contributed by atoms with Crippen LogP contribution in [0, 0.1) is 10.1 Å². The zero-order valence-electron chi connectivity index (χ0n) is 12.6. The van der Waals surface area contributed by atoms with Gasteiger partial charge in [-0.25, -0.2) is 0 Å². The number of nitro benzene ring substituents is 1. The summed E-state index contributed by atoms with van der Waals surface area (Å²) < 4.78 is 5.78. The summed E-state index contributed by atoms with van der Waals surface area (Å²) in [4.78, 5) is 22.2. The van der Waals surface area contributed by atoms with Crippen molar-refractivity contribution in [2.24, 2.45) is 0 Å². The Hall–Kier alpha value is -2.21. The Balaban J connectivity index is 2.18. The molecule has 2 aromatic carbocycles. The lowest BCUT2D eigenvalue weighted by Gasteiger charge is -2.12. The summed E-state index contributed by atoms with van der Waals surface area (Å²) in [5, 5.41) is 10.9. The maximum Gasteiger partial charge on any atom is 0.269 e. The lowest BCUT2D eigenvalue weighted by molar-refractivity contribution is -0.384. The molecule has 0 aromatic heterocycles. The number of nitrogens with zero attached hydrogens (tertiary/aromatic N) is 1. The minimum Gasteiger partial charge on any atom is -0.488 e. The van der Waals surface area contributed by atoms with Gasteiger partial charge in [0.2, 0.25) is 0 Å². The van der Waals surface area contributed by atoms with Crippen molar-refractivity contribution in [2.45, 2.75) is 20.0 Å². The number of non-ortho nitro benzene ring substituents is 1. The standard InChI is InChI=1S/C17H16BrNO4/c1-2-12-5-8-15(16(20)10-18)17(9-12)23-11-13-3-6-14(7-4-13)19(21)22/h3-9H,2,10-11H2,1H3. The van der Waals surface area contributed by atoms with E-state index in [-0.39, 0.29) is 23.4 Å². The first kappa shape index (κ1) is 17.1. The van der Waals surface area contributed by atoms with Crippen LogP contribution in [0.3, 0.4) is 0 Å². The van der Waals surface area contributed by atoms with Crippen LogP contribution in [-0.4, -0.2) is 16.0 Å². The van der Waals surface area contributed by atoms with Gasteiger partial charge in [0.05, 0.1) is 15.8 Å². The molecule has 6 heteroatoms. The van der Waals surface area contributed by atoms with Gasteiger partial charge < -0.3 is 4.74 Å². The molecule has 0 fully saturated rings. The minimum atomic E-state index is -0.442. The molecular formula is C17H16BrNO4. The van der Waals surface area contributed by atoms with E-state index < -0.39 is 4.92 Å². The Morgan fingerprint density at radius 1 is 1.17 bits per heavy atom. The number of ether oxygens (including phenoxy) is 1. The van der Waals surface area contributed by atoms with Gasteiger partial charge in [0.25, 0.3) is 5.69 Å². The molecule has 0 N–H and O–H groups in total. The Labute approximate surface area is 142 Å². The van der Waals surface area contributed by atoms with Crippen molar-refractivity contribution in [1.29, 1.82) is 0 Å². The van der Waals surface area contributed by atoms with E-state index in [2.05, 4.69) is 15.9 Å². The average Bonchev–Trinajstić information content (AvgIpc) is 2.59. The quantitative estimate of drug-likeness (QED) is 0.312. The maximum atomic E-state index is 12.0. The smallest absolute Gasteiger partial charge is 0.269 e. The summed E-state index contributed by atoms with van der Waals surface area (Å²) in [7, 11) is 0. The fourth-order valence-electron chi connectivity index (χ4n) is 2.08. The number of aryl methyl sites for hydroxylation is 1. The van der Waals surface area contributed by atoms with Gasteiger partial charge in [0.15, 0.2) is 5.78 Å². The van der Waals surface area contributed by atoms with E-state index in [9.17, 15) is 14.9 Å². The number of halogens is 1. The number of hydrogen-bond acceptors (Lipinski definition) is 4. The first-order valence-electron chi connectivity index (χ1n) is 7.13. The Morgan fingerprint density at radius 2 is 1.83 bits per heavy atom. The third-order valence-electron chi connectivity index (χ3n) is 3.42. The van der Waals surface area contributed by atoms with Crippen LogP contribution in [0.2, 0.25) is 0 Å². The van der Waals surface area contributed by atoms with Crippen LogP contribution in [0.4, 0.5) is 5.69 Å². The van der Waals surface area contributed by atoms with E-state index in [1.54, 1.807) is 18.2 Å². The molecule has 2 aromatic rings. The van der Waals surface area contributed by atoms with Gasteiger partial charge in [-0.05, 0) is 41.8 Å². The van der Waals surface area contributed by atoms with E-state index in [1.165, 1.54) is 12.1 Å². The summed E-state index contributed by atoms with van der Waals surface area (Å²) in [5.74, 6) is 0.485. The van der Waals surface area contributed by atoms with E-state index in [0.717, 1.165) is 17.5 Å². The molecular weight excluding hydrogens is 362 g/mol. The van der Waals surface area contributed by atoms with E-state index in [1.807, 2.05) is 19.1 Å². The van der Waals surface area contributed by atoms with Crippen molar-refractivity contribution in [3.8, 4) is 5.75 Å². The molecule has 0 aliphatic carbocycles. The predicted molar refractivity (Wildman–Crippen MR) is 91.4 cm³/mol. The molecule has 0 unspecified atom stereocenters. The number of carbonyl (C=O) groups is 1. The molecule has 0 spiro atoms.